The Balaban J connectivity index is 1.87. The van der Waals surface area contributed by atoms with Gasteiger partial charge in [-0.2, -0.15) is 10.4 Å². The number of hydrazine groups is 1. The molecule has 5 heteroatoms. The summed E-state index contributed by atoms with van der Waals surface area (Å²) < 4.78 is 0. The number of nitrogens with one attached hydrogen (secondary N) is 1. The normalized spacial score (nSPS) is 12.8. The quantitative estimate of drug-likeness (QED) is 0.940. The molecule has 22 heavy (non-hydrogen) atoms. The summed E-state index contributed by atoms with van der Waals surface area (Å²) in [6, 6.07) is 18.2. The number of anilines is 1. The van der Waals surface area contributed by atoms with E-state index in [0.29, 0.717) is 12.2 Å². The second kappa shape index (κ2) is 6.19. The van der Waals surface area contributed by atoms with Crippen molar-refractivity contribution in [3.63, 3.8) is 0 Å². The molecular formula is C17H17N5. The first-order chi connectivity index (χ1) is 10.8. The van der Waals surface area contributed by atoms with Crippen molar-refractivity contribution >= 4 is 12.0 Å². The van der Waals surface area contributed by atoms with E-state index in [0.717, 1.165) is 12.2 Å². The zero-order chi connectivity index (χ0) is 15.4. The summed E-state index contributed by atoms with van der Waals surface area (Å²) in [6.07, 6.45) is 1.77. The van der Waals surface area contributed by atoms with Crippen molar-refractivity contribution in [2.24, 2.45) is 5.10 Å². The van der Waals surface area contributed by atoms with Gasteiger partial charge in [-0.05, 0) is 36.8 Å². The molecule has 0 amide bonds. The Kier molecular flexibility index (Phi) is 3.92. The third-order valence-electron chi connectivity index (χ3n) is 3.57. The number of nitrogens with zero attached hydrogens (tertiary/aromatic N) is 4. The smallest absolute Gasteiger partial charge is 0.132 e. The van der Waals surface area contributed by atoms with Crippen LogP contribution in [0.2, 0.25) is 0 Å². The number of benzene rings is 2. The molecule has 0 unspecified atom stereocenters. The molecule has 0 bridgehead atoms. The summed E-state index contributed by atoms with van der Waals surface area (Å²) in [7, 11) is 0. The molecule has 0 aliphatic carbocycles. The molecule has 0 spiro atoms. The van der Waals surface area contributed by atoms with Crippen molar-refractivity contribution in [2.45, 2.75) is 13.5 Å². The molecule has 1 N–H and O–H groups in total. The van der Waals surface area contributed by atoms with Gasteiger partial charge in [-0.1, -0.05) is 29.8 Å². The van der Waals surface area contributed by atoms with Gasteiger partial charge in [0.1, 0.15) is 13.0 Å². The summed E-state index contributed by atoms with van der Waals surface area (Å²) in [6.45, 7) is 3.45. The van der Waals surface area contributed by atoms with Gasteiger partial charge in [0.2, 0.25) is 0 Å². The van der Waals surface area contributed by atoms with Gasteiger partial charge in [0.25, 0.3) is 0 Å². The SMILES string of the molecule is Cc1ccc(CN(c2ccc(C#N)cc2)N2C=NNC2)cc1. The van der Waals surface area contributed by atoms with Gasteiger partial charge in [-0.25, -0.2) is 0 Å². The Morgan fingerprint density at radius 2 is 1.91 bits per heavy atom. The third kappa shape index (κ3) is 3.01. The summed E-state index contributed by atoms with van der Waals surface area (Å²) in [5.41, 5.74) is 7.09. The number of hydrogen-bond acceptors (Lipinski definition) is 5. The van der Waals surface area contributed by atoms with Crippen LogP contribution in [0.15, 0.2) is 53.6 Å². The first-order valence-electron chi connectivity index (χ1n) is 7.12. The number of hydrazone groups is 1. The molecule has 0 saturated heterocycles. The largest absolute Gasteiger partial charge is 0.287 e. The molecule has 0 radical (unpaired) electrons. The number of rotatable bonds is 4. The zero-order valence-corrected chi connectivity index (χ0v) is 12.4. The first-order valence-corrected chi connectivity index (χ1v) is 7.12. The van der Waals surface area contributed by atoms with Crippen LogP contribution in [0.5, 0.6) is 0 Å². The van der Waals surface area contributed by atoms with Crippen LogP contribution in [0.25, 0.3) is 0 Å². The average molecular weight is 291 g/mol. The van der Waals surface area contributed by atoms with E-state index in [1.54, 1.807) is 6.34 Å². The summed E-state index contributed by atoms with van der Waals surface area (Å²) in [5, 5.41) is 17.1. The van der Waals surface area contributed by atoms with Crippen LogP contribution in [-0.2, 0) is 6.54 Å². The molecule has 5 nitrogen and oxygen atoms in total. The standard InChI is InChI=1S/C17H17N5/c1-14-2-4-16(5-3-14)11-22(21-12-19-20-13-21)17-8-6-15(10-18)7-9-17/h2-9,12,20H,11,13H2,1H3. The maximum absolute atomic E-state index is 8.93. The van der Waals surface area contributed by atoms with Gasteiger partial charge >= 0.3 is 0 Å². The van der Waals surface area contributed by atoms with Crippen LogP contribution in [0.4, 0.5) is 5.69 Å². The Bertz CT molecular complexity index is 697. The van der Waals surface area contributed by atoms with E-state index in [4.69, 9.17) is 5.26 Å². The first kappa shape index (κ1) is 14.0. The van der Waals surface area contributed by atoms with E-state index in [1.165, 1.54) is 11.1 Å². The number of hydrogen-bond donors (Lipinski definition) is 1. The summed E-state index contributed by atoms with van der Waals surface area (Å²) >= 11 is 0. The highest BCUT2D eigenvalue weighted by Crippen LogP contribution is 2.20. The molecular weight excluding hydrogens is 274 g/mol. The maximum Gasteiger partial charge on any atom is 0.132 e. The fourth-order valence-electron chi connectivity index (χ4n) is 2.31. The van der Waals surface area contributed by atoms with Crippen LogP contribution < -0.4 is 10.4 Å². The maximum atomic E-state index is 8.93. The highest BCUT2D eigenvalue weighted by atomic mass is 15.7. The highest BCUT2D eigenvalue weighted by molar-refractivity contribution is 5.62. The lowest BCUT2D eigenvalue weighted by atomic mass is 10.1. The molecule has 0 atom stereocenters. The van der Waals surface area contributed by atoms with Crippen molar-refractivity contribution in [3.8, 4) is 6.07 Å². The molecule has 1 heterocycles. The lowest BCUT2D eigenvalue weighted by Crippen LogP contribution is -2.41. The van der Waals surface area contributed by atoms with Gasteiger partial charge in [0.05, 0.1) is 23.9 Å². The second-order valence-corrected chi connectivity index (χ2v) is 5.20. The Morgan fingerprint density at radius 3 is 2.50 bits per heavy atom. The average Bonchev–Trinajstić information content (AvgIpc) is 3.09. The van der Waals surface area contributed by atoms with E-state index >= 15 is 0 Å². The molecule has 2 aromatic carbocycles. The molecule has 0 aromatic heterocycles. The minimum absolute atomic E-state index is 0.631. The molecule has 2 aromatic rings. The van der Waals surface area contributed by atoms with Gasteiger partial charge in [-0.3, -0.25) is 15.4 Å². The lowest BCUT2D eigenvalue weighted by molar-refractivity contribution is 0.393. The van der Waals surface area contributed by atoms with Crippen molar-refractivity contribution in [2.75, 3.05) is 11.7 Å². The van der Waals surface area contributed by atoms with E-state index in [2.05, 4.69) is 52.8 Å². The van der Waals surface area contributed by atoms with Crippen molar-refractivity contribution in [3.05, 3.63) is 65.2 Å². The number of aryl methyl sites for hydroxylation is 1. The summed E-state index contributed by atoms with van der Waals surface area (Å²) in [5.74, 6) is 0. The van der Waals surface area contributed by atoms with Crippen LogP contribution in [0.3, 0.4) is 0 Å². The molecule has 3 rings (SSSR count). The summed E-state index contributed by atoms with van der Waals surface area (Å²) in [4.78, 5) is 0. The van der Waals surface area contributed by atoms with Crippen molar-refractivity contribution in [1.29, 1.82) is 5.26 Å². The van der Waals surface area contributed by atoms with E-state index in [9.17, 15) is 0 Å². The van der Waals surface area contributed by atoms with E-state index < -0.39 is 0 Å². The second-order valence-electron chi connectivity index (χ2n) is 5.20. The van der Waals surface area contributed by atoms with Crippen LogP contribution in [0.1, 0.15) is 16.7 Å². The van der Waals surface area contributed by atoms with Gasteiger partial charge < -0.3 is 0 Å². The van der Waals surface area contributed by atoms with E-state index in [-0.39, 0.29) is 0 Å². The highest BCUT2D eigenvalue weighted by Gasteiger charge is 2.16. The minimum atomic E-state index is 0.631. The fourth-order valence-corrected chi connectivity index (χ4v) is 2.31. The lowest BCUT2D eigenvalue weighted by Gasteiger charge is -2.32. The van der Waals surface area contributed by atoms with Gasteiger partial charge in [-0.15, -0.1) is 0 Å². The van der Waals surface area contributed by atoms with Crippen LogP contribution in [-0.4, -0.2) is 18.0 Å². The topological polar surface area (TPSA) is 54.7 Å². The van der Waals surface area contributed by atoms with Crippen molar-refractivity contribution < 1.29 is 0 Å². The molecule has 0 saturated carbocycles. The predicted molar refractivity (Wildman–Crippen MR) is 86.9 cm³/mol. The molecule has 1 aliphatic rings. The minimum Gasteiger partial charge on any atom is -0.287 e. The fraction of sp³-hybridized carbons (Fsp3) is 0.176. The zero-order valence-electron chi connectivity index (χ0n) is 12.4. The Morgan fingerprint density at radius 1 is 1.18 bits per heavy atom. The number of nitriles is 1. The predicted octanol–water partition coefficient (Wildman–Crippen LogP) is 2.59. The Labute approximate surface area is 130 Å². The third-order valence-corrected chi connectivity index (χ3v) is 3.57. The van der Waals surface area contributed by atoms with E-state index in [1.807, 2.05) is 29.3 Å². The molecule has 1 aliphatic heterocycles. The monoisotopic (exact) mass is 291 g/mol. The van der Waals surface area contributed by atoms with Crippen LogP contribution >= 0.6 is 0 Å². The molecule has 110 valence electrons. The Hall–Kier alpha value is -3.00. The van der Waals surface area contributed by atoms with Gasteiger partial charge in [0, 0.05) is 0 Å². The van der Waals surface area contributed by atoms with Crippen LogP contribution in [0, 0.1) is 18.3 Å². The van der Waals surface area contributed by atoms with Gasteiger partial charge in [0.15, 0.2) is 0 Å². The molecule has 0 fully saturated rings. The van der Waals surface area contributed by atoms with Crippen molar-refractivity contribution in [1.82, 2.24) is 10.4 Å².